The minimum Gasteiger partial charge on any atom is -0.478 e. The predicted octanol–water partition coefficient (Wildman–Crippen LogP) is 1.75. The van der Waals surface area contributed by atoms with Crippen LogP contribution in [0.2, 0.25) is 5.02 Å². The van der Waals surface area contributed by atoms with E-state index in [4.69, 9.17) is 16.7 Å². The quantitative estimate of drug-likeness (QED) is 0.898. The number of likely N-dealkylation sites (N-methyl/N-ethyl adjacent to an activating group) is 2. The van der Waals surface area contributed by atoms with Gasteiger partial charge in [0.05, 0.1) is 15.5 Å². The van der Waals surface area contributed by atoms with E-state index in [0.29, 0.717) is 6.54 Å². The van der Waals surface area contributed by atoms with Gasteiger partial charge >= 0.3 is 5.97 Å². The molecule has 0 spiro atoms. The molecule has 0 aromatic heterocycles. The highest BCUT2D eigenvalue weighted by Crippen LogP contribution is 2.25. The highest BCUT2D eigenvalue weighted by atomic mass is 35.5. The summed E-state index contributed by atoms with van der Waals surface area (Å²) in [5, 5.41) is 9.10. The molecule has 1 aromatic carbocycles. The Morgan fingerprint density at radius 3 is 2.73 bits per heavy atom. The number of carboxylic acid groups (broad SMARTS) is 1. The number of carbonyl (C=O) groups is 1. The van der Waals surface area contributed by atoms with E-state index >= 15 is 0 Å². The molecular weight excluding hydrogens is 328 g/mol. The molecule has 0 bridgehead atoms. The van der Waals surface area contributed by atoms with Crippen molar-refractivity contribution in [2.24, 2.45) is 0 Å². The molecule has 0 radical (unpaired) electrons. The van der Waals surface area contributed by atoms with Gasteiger partial charge in [-0.2, -0.15) is 4.31 Å². The highest BCUT2D eigenvalue weighted by Gasteiger charge is 2.31. The summed E-state index contributed by atoms with van der Waals surface area (Å²) in [6.07, 6.45) is 1.72. The summed E-state index contributed by atoms with van der Waals surface area (Å²) in [4.78, 5) is 13.2. The summed E-state index contributed by atoms with van der Waals surface area (Å²) in [6.45, 7) is 1.61. The molecule has 122 valence electrons. The van der Waals surface area contributed by atoms with Gasteiger partial charge in [-0.05, 0) is 44.6 Å². The van der Waals surface area contributed by atoms with Gasteiger partial charge < -0.3 is 10.0 Å². The van der Waals surface area contributed by atoms with Gasteiger partial charge in [0, 0.05) is 19.6 Å². The van der Waals surface area contributed by atoms with Gasteiger partial charge in [0.1, 0.15) is 0 Å². The molecule has 22 heavy (non-hydrogen) atoms. The van der Waals surface area contributed by atoms with E-state index in [1.165, 1.54) is 23.5 Å². The maximum atomic E-state index is 12.7. The van der Waals surface area contributed by atoms with Gasteiger partial charge in [-0.25, -0.2) is 13.2 Å². The number of benzene rings is 1. The third-order valence-electron chi connectivity index (χ3n) is 3.96. The van der Waals surface area contributed by atoms with Crippen LogP contribution in [-0.2, 0) is 10.0 Å². The molecule has 0 amide bonds. The van der Waals surface area contributed by atoms with Crippen LogP contribution in [0.4, 0.5) is 0 Å². The SMILES string of the molecule is CN1CCCC(N(C)S(=O)(=O)c2ccc(Cl)c(C(=O)O)c2)C1. The molecule has 1 heterocycles. The van der Waals surface area contributed by atoms with Gasteiger partial charge in [-0.15, -0.1) is 0 Å². The molecular formula is C14H19ClN2O4S. The fraction of sp³-hybridized carbons (Fsp3) is 0.500. The Bertz CT molecular complexity index is 677. The Morgan fingerprint density at radius 1 is 1.45 bits per heavy atom. The van der Waals surface area contributed by atoms with Crippen molar-refractivity contribution in [3.05, 3.63) is 28.8 Å². The fourth-order valence-electron chi connectivity index (χ4n) is 2.63. The zero-order valence-electron chi connectivity index (χ0n) is 12.5. The summed E-state index contributed by atoms with van der Waals surface area (Å²) in [5.41, 5.74) is -0.211. The molecule has 1 saturated heterocycles. The Hall–Kier alpha value is -1.15. The molecule has 1 aliphatic rings. The second kappa shape index (κ2) is 6.54. The molecule has 1 atom stereocenters. The first-order valence-corrected chi connectivity index (χ1v) is 8.74. The Morgan fingerprint density at radius 2 is 2.14 bits per heavy atom. The van der Waals surface area contributed by atoms with Crippen LogP contribution in [0.5, 0.6) is 0 Å². The number of halogens is 1. The van der Waals surface area contributed by atoms with Crippen LogP contribution < -0.4 is 0 Å². The number of rotatable bonds is 4. The lowest BCUT2D eigenvalue weighted by Gasteiger charge is -2.35. The number of hydrogen-bond donors (Lipinski definition) is 1. The van der Waals surface area contributed by atoms with E-state index in [9.17, 15) is 13.2 Å². The van der Waals surface area contributed by atoms with Crippen molar-refractivity contribution < 1.29 is 18.3 Å². The standard InChI is InChI=1S/C14H19ClN2O4S/c1-16-7-3-4-10(9-16)17(2)22(20,21)11-5-6-13(15)12(8-11)14(18)19/h5-6,8,10H,3-4,7,9H2,1-2H3,(H,18,19). The monoisotopic (exact) mass is 346 g/mol. The van der Waals surface area contributed by atoms with Crippen molar-refractivity contribution in [2.75, 3.05) is 27.2 Å². The van der Waals surface area contributed by atoms with Crippen LogP contribution in [-0.4, -0.2) is 61.9 Å². The van der Waals surface area contributed by atoms with E-state index in [2.05, 4.69) is 4.90 Å². The maximum absolute atomic E-state index is 12.7. The lowest BCUT2D eigenvalue weighted by Crippen LogP contribution is -2.47. The average molecular weight is 347 g/mol. The Labute approximate surface area is 135 Å². The maximum Gasteiger partial charge on any atom is 0.337 e. The van der Waals surface area contributed by atoms with Gasteiger partial charge in [-0.1, -0.05) is 11.6 Å². The molecule has 1 aliphatic heterocycles. The first-order valence-electron chi connectivity index (χ1n) is 6.93. The Balaban J connectivity index is 2.33. The van der Waals surface area contributed by atoms with Crippen LogP contribution in [0.15, 0.2) is 23.1 Å². The Kier molecular flexibility index (Phi) is 5.11. The molecule has 1 fully saturated rings. The molecule has 0 aliphatic carbocycles. The van der Waals surface area contributed by atoms with Crippen LogP contribution >= 0.6 is 11.6 Å². The van der Waals surface area contributed by atoms with Crippen LogP contribution in [0.3, 0.4) is 0 Å². The largest absolute Gasteiger partial charge is 0.478 e. The second-order valence-electron chi connectivity index (χ2n) is 5.53. The van der Waals surface area contributed by atoms with Crippen molar-refractivity contribution in [3.8, 4) is 0 Å². The number of aromatic carboxylic acids is 1. The van der Waals surface area contributed by atoms with Crippen molar-refractivity contribution >= 4 is 27.6 Å². The van der Waals surface area contributed by atoms with Crippen molar-refractivity contribution in [1.82, 2.24) is 9.21 Å². The third-order valence-corrected chi connectivity index (χ3v) is 6.19. The number of carboxylic acids is 1. The average Bonchev–Trinajstić information content (AvgIpc) is 2.46. The van der Waals surface area contributed by atoms with Crippen molar-refractivity contribution in [2.45, 2.75) is 23.8 Å². The molecule has 1 N–H and O–H groups in total. The third kappa shape index (κ3) is 3.43. The summed E-state index contributed by atoms with van der Waals surface area (Å²) in [7, 11) is -0.258. The minimum absolute atomic E-state index is 0.0199. The van der Waals surface area contributed by atoms with Crippen molar-refractivity contribution in [1.29, 1.82) is 0 Å². The molecule has 2 rings (SSSR count). The number of likely N-dealkylation sites (tertiary alicyclic amines) is 1. The lowest BCUT2D eigenvalue weighted by molar-refractivity contribution is 0.0697. The van der Waals surface area contributed by atoms with Crippen LogP contribution in [0, 0.1) is 0 Å². The zero-order chi connectivity index (χ0) is 16.5. The molecule has 6 nitrogen and oxygen atoms in total. The van der Waals surface area contributed by atoms with Gasteiger partial charge in [0.15, 0.2) is 0 Å². The summed E-state index contributed by atoms with van der Waals surface area (Å²) in [5.74, 6) is -1.25. The van der Waals surface area contributed by atoms with Gasteiger partial charge in [0.2, 0.25) is 10.0 Å². The lowest BCUT2D eigenvalue weighted by atomic mass is 10.1. The summed E-state index contributed by atoms with van der Waals surface area (Å²) < 4.78 is 26.7. The van der Waals surface area contributed by atoms with Crippen LogP contribution in [0.1, 0.15) is 23.2 Å². The summed E-state index contributed by atoms with van der Waals surface area (Å²) >= 11 is 5.79. The van der Waals surface area contributed by atoms with Crippen molar-refractivity contribution in [3.63, 3.8) is 0 Å². The summed E-state index contributed by atoms with van der Waals surface area (Å²) in [6, 6.07) is 3.64. The number of sulfonamides is 1. The molecule has 8 heteroatoms. The zero-order valence-corrected chi connectivity index (χ0v) is 14.1. The van der Waals surface area contributed by atoms with Crippen LogP contribution in [0.25, 0.3) is 0 Å². The number of hydrogen-bond acceptors (Lipinski definition) is 4. The molecule has 1 unspecified atom stereocenters. The normalized spacial score (nSPS) is 20.3. The minimum atomic E-state index is -3.75. The van der Waals surface area contributed by atoms with E-state index in [1.54, 1.807) is 0 Å². The predicted molar refractivity (Wildman–Crippen MR) is 83.9 cm³/mol. The number of piperidine rings is 1. The number of nitrogens with zero attached hydrogens (tertiary/aromatic N) is 2. The van der Waals surface area contributed by atoms with E-state index < -0.39 is 16.0 Å². The topological polar surface area (TPSA) is 77.9 Å². The fourth-order valence-corrected chi connectivity index (χ4v) is 4.23. The second-order valence-corrected chi connectivity index (χ2v) is 7.93. The van der Waals surface area contributed by atoms with E-state index in [1.807, 2.05) is 7.05 Å². The van der Waals surface area contributed by atoms with E-state index in [0.717, 1.165) is 25.5 Å². The van der Waals surface area contributed by atoms with Gasteiger partial charge in [-0.3, -0.25) is 0 Å². The molecule has 0 saturated carbocycles. The first kappa shape index (κ1) is 17.2. The van der Waals surface area contributed by atoms with Gasteiger partial charge in [0.25, 0.3) is 0 Å². The first-order chi connectivity index (χ1) is 10.2. The highest BCUT2D eigenvalue weighted by molar-refractivity contribution is 7.89. The van der Waals surface area contributed by atoms with E-state index in [-0.39, 0.29) is 21.5 Å². The smallest absolute Gasteiger partial charge is 0.337 e. The molecule has 1 aromatic rings.